The number of nitrogens with one attached hydrogen (secondary N) is 1. The molecule has 0 aliphatic heterocycles. The minimum atomic E-state index is -0.238. The molecule has 0 bridgehead atoms. The molecule has 0 saturated heterocycles. The zero-order valence-electron chi connectivity index (χ0n) is 11.6. The maximum Gasteiger partial charge on any atom is 0.271 e. The second-order valence-corrected chi connectivity index (χ2v) is 6.59. The Hall–Kier alpha value is -1.62. The SMILES string of the molecule is Cc1nc(C(=O)NCC(C)(C)c2ccco2)c(C)s1. The highest BCUT2D eigenvalue weighted by molar-refractivity contribution is 7.11. The van der Waals surface area contributed by atoms with Crippen molar-refractivity contribution in [1.82, 2.24) is 10.3 Å². The van der Waals surface area contributed by atoms with Crippen molar-refractivity contribution in [2.75, 3.05) is 6.54 Å². The zero-order chi connectivity index (χ0) is 14.0. The lowest BCUT2D eigenvalue weighted by Gasteiger charge is -2.22. The van der Waals surface area contributed by atoms with Gasteiger partial charge in [0.2, 0.25) is 0 Å². The minimum Gasteiger partial charge on any atom is -0.469 e. The van der Waals surface area contributed by atoms with E-state index >= 15 is 0 Å². The highest BCUT2D eigenvalue weighted by Crippen LogP contribution is 2.23. The lowest BCUT2D eigenvalue weighted by molar-refractivity contribution is 0.0939. The number of furan rings is 1. The summed E-state index contributed by atoms with van der Waals surface area (Å²) in [5.74, 6) is 0.737. The molecule has 5 heteroatoms. The Balaban J connectivity index is 2.03. The molecule has 0 spiro atoms. The lowest BCUT2D eigenvalue weighted by atomic mass is 9.90. The average Bonchev–Trinajstić information content (AvgIpc) is 2.96. The molecule has 0 aromatic carbocycles. The molecule has 1 N–H and O–H groups in total. The summed E-state index contributed by atoms with van der Waals surface area (Å²) in [6.45, 7) is 8.39. The van der Waals surface area contributed by atoms with Crippen LogP contribution in [0, 0.1) is 13.8 Å². The van der Waals surface area contributed by atoms with Crippen molar-refractivity contribution in [3.05, 3.63) is 39.7 Å². The largest absolute Gasteiger partial charge is 0.469 e. The average molecular weight is 278 g/mol. The van der Waals surface area contributed by atoms with E-state index in [1.807, 2.05) is 39.8 Å². The molecule has 4 nitrogen and oxygen atoms in total. The molecule has 0 saturated carbocycles. The van der Waals surface area contributed by atoms with E-state index in [-0.39, 0.29) is 11.3 Å². The standard InChI is InChI=1S/C14H18N2O2S/c1-9-12(16-10(2)19-9)13(17)15-8-14(3,4)11-6-5-7-18-11/h5-7H,8H2,1-4H3,(H,15,17). The summed E-state index contributed by atoms with van der Waals surface area (Å²) in [5, 5.41) is 3.84. The number of amides is 1. The quantitative estimate of drug-likeness (QED) is 0.935. The minimum absolute atomic E-state index is 0.124. The van der Waals surface area contributed by atoms with Crippen LogP contribution < -0.4 is 5.32 Å². The molecule has 0 aliphatic rings. The Kier molecular flexibility index (Phi) is 3.75. The van der Waals surface area contributed by atoms with Crippen molar-refractivity contribution in [1.29, 1.82) is 0 Å². The summed E-state index contributed by atoms with van der Waals surface area (Å²) in [6, 6.07) is 3.78. The third-order valence-electron chi connectivity index (χ3n) is 3.00. The first kappa shape index (κ1) is 13.8. The highest BCUT2D eigenvalue weighted by Gasteiger charge is 2.25. The number of aryl methyl sites for hydroxylation is 2. The molecule has 1 amide bonds. The summed E-state index contributed by atoms with van der Waals surface area (Å²) >= 11 is 1.54. The smallest absolute Gasteiger partial charge is 0.271 e. The molecule has 0 atom stereocenters. The first-order valence-corrected chi connectivity index (χ1v) is 6.98. The van der Waals surface area contributed by atoms with Crippen LogP contribution in [0.5, 0.6) is 0 Å². The summed E-state index contributed by atoms with van der Waals surface area (Å²) in [7, 11) is 0. The fraction of sp³-hybridized carbons (Fsp3) is 0.429. The van der Waals surface area contributed by atoms with Crippen molar-refractivity contribution in [3.8, 4) is 0 Å². The Labute approximate surface area is 116 Å². The molecule has 19 heavy (non-hydrogen) atoms. The molecular weight excluding hydrogens is 260 g/mol. The number of rotatable bonds is 4. The van der Waals surface area contributed by atoms with Crippen LogP contribution in [0.3, 0.4) is 0 Å². The van der Waals surface area contributed by atoms with Crippen LogP contribution >= 0.6 is 11.3 Å². The molecule has 2 aromatic rings. The van der Waals surface area contributed by atoms with Gasteiger partial charge in [-0.3, -0.25) is 4.79 Å². The van der Waals surface area contributed by atoms with E-state index in [2.05, 4.69) is 10.3 Å². The normalized spacial score (nSPS) is 11.6. The van der Waals surface area contributed by atoms with Gasteiger partial charge in [0.15, 0.2) is 0 Å². The first-order chi connectivity index (χ1) is 8.90. The number of hydrogen-bond acceptors (Lipinski definition) is 4. The van der Waals surface area contributed by atoms with Crippen LogP contribution in [0.4, 0.5) is 0 Å². The number of hydrogen-bond donors (Lipinski definition) is 1. The molecule has 2 rings (SSSR count). The summed E-state index contributed by atoms with van der Waals surface area (Å²) in [6.07, 6.45) is 1.65. The first-order valence-electron chi connectivity index (χ1n) is 6.16. The van der Waals surface area contributed by atoms with E-state index in [9.17, 15) is 4.79 Å². The predicted octanol–water partition coefficient (Wildman–Crippen LogP) is 3.06. The molecular formula is C14H18N2O2S. The molecule has 0 unspecified atom stereocenters. The number of nitrogens with zero attached hydrogens (tertiary/aromatic N) is 1. The zero-order valence-corrected chi connectivity index (χ0v) is 12.4. The van der Waals surface area contributed by atoms with Gasteiger partial charge in [-0.2, -0.15) is 0 Å². The van der Waals surface area contributed by atoms with E-state index in [4.69, 9.17) is 4.42 Å². The molecule has 0 fully saturated rings. The van der Waals surface area contributed by atoms with Gasteiger partial charge in [-0.1, -0.05) is 13.8 Å². The molecule has 0 radical (unpaired) electrons. The number of carbonyl (C=O) groups excluding carboxylic acids is 1. The van der Waals surface area contributed by atoms with Crippen molar-refractivity contribution in [2.24, 2.45) is 0 Å². The highest BCUT2D eigenvalue weighted by atomic mass is 32.1. The van der Waals surface area contributed by atoms with Gasteiger partial charge in [0.25, 0.3) is 5.91 Å². The fourth-order valence-electron chi connectivity index (χ4n) is 1.88. The lowest BCUT2D eigenvalue weighted by Crippen LogP contribution is -2.36. The Bertz CT molecular complexity index is 570. The third-order valence-corrected chi connectivity index (χ3v) is 3.88. The van der Waals surface area contributed by atoms with Gasteiger partial charge in [0.05, 0.1) is 11.3 Å². The van der Waals surface area contributed by atoms with E-state index < -0.39 is 0 Å². The van der Waals surface area contributed by atoms with Crippen LogP contribution in [0.1, 0.15) is 40.0 Å². The fourth-order valence-corrected chi connectivity index (χ4v) is 2.69. The molecule has 2 aromatic heterocycles. The van der Waals surface area contributed by atoms with Gasteiger partial charge < -0.3 is 9.73 Å². The van der Waals surface area contributed by atoms with Crippen molar-refractivity contribution in [3.63, 3.8) is 0 Å². The maximum absolute atomic E-state index is 12.1. The topological polar surface area (TPSA) is 55.1 Å². The van der Waals surface area contributed by atoms with Crippen molar-refractivity contribution >= 4 is 17.2 Å². The third kappa shape index (κ3) is 3.04. The van der Waals surface area contributed by atoms with Crippen LogP contribution in [0.15, 0.2) is 22.8 Å². The van der Waals surface area contributed by atoms with Crippen molar-refractivity contribution < 1.29 is 9.21 Å². The Morgan fingerprint density at radius 3 is 2.74 bits per heavy atom. The van der Waals surface area contributed by atoms with Gasteiger partial charge in [-0.05, 0) is 26.0 Å². The predicted molar refractivity (Wildman–Crippen MR) is 75.7 cm³/mol. The molecule has 0 aliphatic carbocycles. The summed E-state index contributed by atoms with van der Waals surface area (Å²) in [4.78, 5) is 17.3. The monoisotopic (exact) mass is 278 g/mol. The van der Waals surface area contributed by atoms with Crippen LogP contribution in [-0.4, -0.2) is 17.4 Å². The maximum atomic E-state index is 12.1. The van der Waals surface area contributed by atoms with Gasteiger partial charge in [0, 0.05) is 16.8 Å². The Morgan fingerprint density at radius 1 is 1.47 bits per heavy atom. The van der Waals surface area contributed by atoms with E-state index in [0.29, 0.717) is 12.2 Å². The number of aromatic nitrogens is 1. The van der Waals surface area contributed by atoms with Gasteiger partial charge in [-0.25, -0.2) is 4.98 Å². The summed E-state index contributed by atoms with van der Waals surface area (Å²) in [5.41, 5.74) is 0.288. The van der Waals surface area contributed by atoms with Crippen molar-refractivity contribution in [2.45, 2.75) is 33.1 Å². The molecule has 2 heterocycles. The van der Waals surface area contributed by atoms with E-state index in [1.54, 1.807) is 6.26 Å². The van der Waals surface area contributed by atoms with Gasteiger partial charge in [0.1, 0.15) is 11.5 Å². The summed E-state index contributed by atoms with van der Waals surface area (Å²) < 4.78 is 5.40. The Morgan fingerprint density at radius 2 is 2.21 bits per heavy atom. The van der Waals surface area contributed by atoms with E-state index in [0.717, 1.165) is 15.6 Å². The number of carbonyl (C=O) groups is 1. The second-order valence-electron chi connectivity index (χ2n) is 5.18. The van der Waals surface area contributed by atoms with Crippen LogP contribution in [0.25, 0.3) is 0 Å². The van der Waals surface area contributed by atoms with Crippen LogP contribution in [0.2, 0.25) is 0 Å². The molecule has 102 valence electrons. The van der Waals surface area contributed by atoms with E-state index in [1.165, 1.54) is 11.3 Å². The number of thiazole rings is 1. The van der Waals surface area contributed by atoms with Gasteiger partial charge in [-0.15, -0.1) is 11.3 Å². The van der Waals surface area contributed by atoms with Gasteiger partial charge >= 0.3 is 0 Å². The second kappa shape index (κ2) is 5.17. The van der Waals surface area contributed by atoms with Crippen LogP contribution in [-0.2, 0) is 5.41 Å².